The van der Waals surface area contributed by atoms with Crippen molar-refractivity contribution in [2.24, 2.45) is 7.05 Å². The van der Waals surface area contributed by atoms with Gasteiger partial charge in [-0.25, -0.2) is 0 Å². The minimum absolute atomic E-state index is 0.00285. The molecule has 3 N–H and O–H groups in total. The third-order valence-corrected chi connectivity index (χ3v) is 4.86. The standard InChI is InChI=1S/C19H15F3N4O3/c1-26-8-13-11(6-14(26)27)12(7-23-13)25-16-15(17(28)18(16)29)24-10-4-2-9(3-5-10)19(20,21)22/h2,4,6-8,23-25H,3,5H2,1H3. The first kappa shape index (κ1) is 18.8. The maximum absolute atomic E-state index is 12.7. The number of pyridine rings is 1. The molecular weight excluding hydrogens is 389 g/mol. The van der Waals surface area contributed by atoms with Gasteiger partial charge in [0.05, 0.1) is 11.2 Å². The Bertz CT molecular complexity index is 1320. The molecular formula is C19H15F3N4O3. The van der Waals surface area contributed by atoms with E-state index in [4.69, 9.17) is 0 Å². The van der Waals surface area contributed by atoms with Gasteiger partial charge in [0.2, 0.25) is 0 Å². The van der Waals surface area contributed by atoms with Crippen molar-refractivity contribution in [3.05, 3.63) is 72.7 Å². The molecule has 0 radical (unpaired) electrons. The van der Waals surface area contributed by atoms with Crippen LogP contribution in [-0.4, -0.2) is 15.7 Å². The first-order valence-electron chi connectivity index (χ1n) is 8.67. The number of hydrogen-bond donors (Lipinski definition) is 3. The molecule has 3 aromatic rings. The van der Waals surface area contributed by atoms with E-state index in [-0.39, 0.29) is 29.8 Å². The summed E-state index contributed by atoms with van der Waals surface area (Å²) in [6.07, 6.45) is 0.828. The number of H-pyrrole nitrogens is 1. The summed E-state index contributed by atoms with van der Waals surface area (Å²) in [5.74, 6) is 0. The lowest BCUT2D eigenvalue weighted by Crippen LogP contribution is -2.36. The Kier molecular flexibility index (Phi) is 4.21. The number of aromatic nitrogens is 2. The number of hydrogen-bond acceptors (Lipinski definition) is 5. The van der Waals surface area contributed by atoms with Crippen LogP contribution in [0.2, 0.25) is 0 Å². The van der Waals surface area contributed by atoms with Gasteiger partial charge in [0.25, 0.3) is 16.4 Å². The lowest BCUT2D eigenvalue weighted by atomic mass is 10.0. The van der Waals surface area contributed by atoms with Crippen LogP contribution in [0.25, 0.3) is 10.9 Å². The smallest absolute Gasteiger partial charge is 0.358 e. The van der Waals surface area contributed by atoms with Crippen molar-refractivity contribution in [3.8, 4) is 0 Å². The van der Waals surface area contributed by atoms with E-state index in [1.54, 1.807) is 19.4 Å². The van der Waals surface area contributed by atoms with Gasteiger partial charge >= 0.3 is 6.18 Å². The maximum Gasteiger partial charge on any atom is 0.412 e. The number of aromatic amines is 1. The summed E-state index contributed by atoms with van der Waals surface area (Å²) in [6, 6.07) is 1.39. The minimum atomic E-state index is -4.39. The van der Waals surface area contributed by atoms with Gasteiger partial charge in [-0.3, -0.25) is 14.4 Å². The van der Waals surface area contributed by atoms with Crippen LogP contribution in [0.15, 0.2) is 56.3 Å². The summed E-state index contributed by atoms with van der Waals surface area (Å²) >= 11 is 0. The SMILES string of the molecule is Cn1cc2[nH]cc(Nc3c(NC4=CC=C(C(F)(F)F)CC4)c(=O)c3=O)c2cc1=O. The van der Waals surface area contributed by atoms with Gasteiger partial charge in [-0.2, -0.15) is 13.2 Å². The van der Waals surface area contributed by atoms with Gasteiger partial charge in [-0.05, 0) is 18.9 Å². The quantitative estimate of drug-likeness (QED) is 0.581. The molecule has 0 saturated heterocycles. The van der Waals surface area contributed by atoms with Crippen molar-refractivity contribution in [3.63, 3.8) is 0 Å². The largest absolute Gasteiger partial charge is 0.412 e. The highest BCUT2D eigenvalue weighted by molar-refractivity contribution is 5.95. The second-order valence-electron chi connectivity index (χ2n) is 6.79. The Morgan fingerprint density at radius 1 is 1.03 bits per heavy atom. The molecule has 10 heteroatoms. The molecule has 2 aromatic heterocycles. The van der Waals surface area contributed by atoms with Crippen LogP contribution >= 0.6 is 0 Å². The van der Waals surface area contributed by atoms with Crippen molar-refractivity contribution in [1.29, 1.82) is 0 Å². The average Bonchev–Trinajstić information content (AvgIpc) is 3.05. The van der Waals surface area contributed by atoms with Crippen molar-refractivity contribution in [1.82, 2.24) is 9.55 Å². The second kappa shape index (κ2) is 6.50. The monoisotopic (exact) mass is 404 g/mol. The molecule has 2 heterocycles. The molecule has 150 valence electrons. The molecule has 0 amide bonds. The van der Waals surface area contributed by atoms with Gasteiger partial charge in [0.15, 0.2) is 0 Å². The second-order valence-corrected chi connectivity index (χ2v) is 6.79. The first-order chi connectivity index (χ1) is 13.6. The number of alkyl halides is 3. The van der Waals surface area contributed by atoms with E-state index < -0.39 is 22.6 Å². The summed E-state index contributed by atoms with van der Waals surface area (Å²) in [4.78, 5) is 38.8. The van der Waals surface area contributed by atoms with Crippen molar-refractivity contribution in [2.45, 2.75) is 19.0 Å². The van der Waals surface area contributed by atoms with Crippen LogP contribution in [0.3, 0.4) is 0 Å². The number of fused-ring (bicyclic) bond motifs is 1. The fraction of sp³-hybridized carbons (Fsp3) is 0.211. The molecule has 0 saturated carbocycles. The van der Waals surface area contributed by atoms with Gasteiger partial charge in [0.1, 0.15) is 11.4 Å². The van der Waals surface area contributed by atoms with Gasteiger partial charge < -0.3 is 20.2 Å². The first-order valence-corrected chi connectivity index (χ1v) is 8.67. The number of aryl methyl sites for hydroxylation is 1. The summed E-state index contributed by atoms with van der Waals surface area (Å²) in [5, 5.41) is 6.15. The van der Waals surface area contributed by atoms with Crippen LogP contribution in [0.1, 0.15) is 12.8 Å². The Labute approximate surface area is 160 Å². The molecule has 0 fully saturated rings. The van der Waals surface area contributed by atoms with Crippen LogP contribution in [0, 0.1) is 0 Å². The molecule has 7 nitrogen and oxygen atoms in total. The predicted octanol–water partition coefficient (Wildman–Crippen LogP) is 2.78. The number of nitrogens with one attached hydrogen (secondary N) is 3. The molecule has 0 atom stereocenters. The molecule has 4 rings (SSSR count). The van der Waals surface area contributed by atoms with Gasteiger partial charge in [-0.1, -0.05) is 6.08 Å². The number of rotatable bonds is 4. The fourth-order valence-electron chi connectivity index (χ4n) is 3.20. The zero-order valence-corrected chi connectivity index (χ0v) is 15.1. The Morgan fingerprint density at radius 2 is 1.72 bits per heavy atom. The molecule has 0 unspecified atom stereocenters. The predicted molar refractivity (Wildman–Crippen MR) is 103 cm³/mol. The molecule has 0 spiro atoms. The van der Waals surface area contributed by atoms with Crippen molar-refractivity contribution in [2.75, 3.05) is 10.6 Å². The Hall–Kier alpha value is -3.56. The van der Waals surface area contributed by atoms with E-state index in [9.17, 15) is 27.6 Å². The molecule has 1 aromatic carbocycles. The van der Waals surface area contributed by atoms with Crippen molar-refractivity contribution < 1.29 is 13.2 Å². The summed E-state index contributed by atoms with van der Waals surface area (Å²) < 4.78 is 39.5. The van der Waals surface area contributed by atoms with Crippen LogP contribution in [-0.2, 0) is 7.05 Å². The Balaban J connectivity index is 1.62. The molecule has 1 aliphatic carbocycles. The summed E-state index contributed by atoms with van der Waals surface area (Å²) in [7, 11) is 1.60. The maximum atomic E-state index is 12.7. The van der Waals surface area contributed by atoms with Crippen molar-refractivity contribution >= 4 is 28.0 Å². The topological polar surface area (TPSA) is 96.0 Å². The van der Waals surface area contributed by atoms with Crippen LogP contribution < -0.4 is 27.1 Å². The van der Waals surface area contributed by atoms with Gasteiger partial charge in [0, 0.05) is 42.2 Å². The fourth-order valence-corrected chi connectivity index (χ4v) is 3.20. The number of allylic oxidation sites excluding steroid dienone is 4. The van der Waals surface area contributed by atoms with Crippen LogP contribution in [0.5, 0.6) is 0 Å². The number of nitrogens with zero attached hydrogens (tertiary/aromatic N) is 1. The average molecular weight is 404 g/mol. The molecule has 1 aliphatic rings. The lowest BCUT2D eigenvalue weighted by Gasteiger charge is -2.20. The summed E-state index contributed by atoms with van der Waals surface area (Å²) in [6.45, 7) is 0. The van der Waals surface area contributed by atoms with Crippen LogP contribution in [0.4, 0.5) is 30.2 Å². The van der Waals surface area contributed by atoms with E-state index in [2.05, 4.69) is 15.6 Å². The van der Waals surface area contributed by atoms with Gasteiger partial charge in [-0.15, -0.1) is 0 Å². The van der Waals surface area contributed by atoms with E-state index in [1.165, 1.54) is 16.7 Å². The number of halogens is 3. The lowest BCUT2D eigenvalue weighted by molar-refractivity contribution is -0.0941. The summed E-state index contributed by atoms with van der Waals surface area (Å²) in [5.41, 5.74) is -0.905. The molecule has 0 bridgehead atoms. The highest BCUT2D eigenvalue weighted by atomic mass is 19.4. The molecule has 0 aliphatic heterocycles. The molecule has 29 heavy (non-hydrogen) atoms. The Morgan fingerprint density at radius 3 is 2.34 bits per heavy atom. The highest BCUT2D eigenvalue weighted by Crippen LogP contribution is 2.34. The van der Waals surface area contributed by atoms with E-state index in [0.29, 0.717) is 22.3 Å². The zero-order valence-electron chi connectivity index (χ0n) is 15.1. The van der Waals surface area contributed by atoms with E-state index >= 15 is 0 Å². The third kappa shape index (κ3) is 3.26. The third-order valence-electron chi connectivity index (χ3n) is 4.86. The normalized spacial score (nSPS) is 14.8. The van der Waals surface area contributed by atoms with E-state index in [0.717, 1.165) is 6.08 Å². The minimum Gasteiger partial charge on any atom is -0.358 e. The highest BCUT2D eigenvalue weighted by Gasteiger charge is 2.34. The zero-order chi connectivity index (χ0) is 20.9. The van der Waals surface area contributed by atoms with E-state index in [1.807, 2.05) is 0 Å². The number of anilines is 3.